The second kappa shape index (κ2) is 8.82. The molecule has 0 fully saturated rings. The molecule has 0 saturated heterocycles. The van der Waals surface area contributed by atoms with Crippen LogP contribution in [0.25, 0.3) is 0 Å². The van der Waals surface area contributed by atoms with Crippen molar-refractivity contribution < 1.29 is 10.5 Å². The van der Waals surface area contributed by atoms with Gasteiger partial charge in [0.1, 0.15) is 0 Å². The molecule has 0 saturated carbocycles. The fourth-order valence-electron chi connectivity index (χ4n) is 0. The van der Waals surface area contributed by atoms with Gasteiger partial charge in [-0.2, -0.15) is 0 Å². The van der Waals surface area contributed by atoms with E-state index in [1.54, 1.807) is 0 Å². The molecule has 0 aromatic carbocycles. The molecule has 6 nitrogen and oxygen atoms in total. The molecule has 42 valence electrons. The van der Waals surface area contributed by atoms with Crippen molar-refractivity contribution in [3.8, 4) is 0 Å². The van der Waals surface area contributed by atoms with Gasteiger partial charge < -0.3 is 15.3 Å². The molecule has 0 rings (SSSR count). The monoisotopic (exact) mass is 107 g/mol. The van der Waals surface area contributed by atoms with Crippen LogP contribution in [0.5, 0.6) is 0 Å². The van der Waals surface area contributed by atoms with Crippen LogP contribution in [-0.2, 0) is 0 Å². The van der Waals surface area contributed by atoms with Gasteiger partial charge in [0.05, 0.1) is 5.09 Å². The summed E-state index contributed by atoms with van der Waals surface area (Å²) in [6, 6.07) is 0. The van der Waals surface area contributed by atoms with E-state index < -0.39 is 5.09 Å². The Bertz CT molecular complexity index is 57.2. The van der Waals surface area contributed by atoms with Crippen LogP contribution in [0, 0.1) is 15.3 Å². The molecule has 0 radical (unpaired) electrons. The summed E-state index contributed by atoms with van der Waals surface area (Å²) in [7, 11) is 0. The Morgan fingerprint density at radius 3 is 1.71 bits per heavy atom. The number of nitrogens with two attached hydrogens (primary N) is 2. The van der Waals surface area contributed by atoms with Crippen LogP contribution < -0.4 is 11.1 Å². The predicted molar refractivity (Wildman–Crippen MR) is 22.5 cm³/mol. The van der Waals surface area contributed by atoms with Gasteiger partial charge in [-0.05, 0) is 0 Å². The summed E-state index contributed by atoms with van der Waals surface area (Å²) in [4.78, 5) is 8.25. The van der Waals surface area contributed by atoms with Crippen LogP contribution >= 0.6 is 0 Å². The van der Waals surface area contributed by atoms with Crippen molar-refractivity contribution in [3.05, 3.63) is 15.3 Å². The maximum Gasteiger partial charge on any atom is 0.225 e. The molecule has 4 N–H and O–H groups in total. The van der Waals surface area contributed by atoms with Gasteiger partial charge >= 0.3 is 0 Å². The van der Waals surface area contributed by atoms with Crippen molar-refractivity contribution in [2.24, 2.45) is 5.73 Å². The fourth-order valence-corrected chi connectivity index (χ4v) is 0. The van der Waals surface area contributed by atoms with Crippen molar-refractivity contribution in [2.75, 3.05) is 0 Å². The Morgan fingerprint density at radius 2 is 1.71 bits per heavy atom. The molecule has 7 heavy (non-hydrogen) atoms. The molecule has 6 heteroatoms. The van der Waals surface area contributed by atoms with E-state index in [-0.39, 0.29) is 0 Å². The summed E-state index contributed by atoms with van der Waals surface area (Å²) in [5.74, 6) is 0. The lowest BCUT2D eigenvalue weighted by molar-refractivity contribution is -0.402. The molecule has 0 aromatic heterocycles. The Balaban J connectivity index is 0. The van der Waals surface area contributed by atoms with E-state index in [9.17, 15) is 0 Å². The van der Waals surface area contributed by atoms with E-state index in [0.29, 0.717) is 0 Å². The predicted octanol–water partition coefficient (Wildman–Crippen LogP) is -2.51. The van der Waals surface area contributed by atoms with Crippen molar-refractivity contribution in [2.45, 2.75) is 0 Å². The van der Waals surface area contributed by atoms with E-state index in [4.69, 9.17) is 15.3 Å². The summed E-state index contributed by atoms with van der Waals surface area (Å²) in [5, 5.41) is 19.2. The van der Waals surface area contributed by atoms with Crippen LogP contribution in [0.3, 0.4) is 0 Å². The zero-order valence-corrected chi connectivity index (χ0v) is 3.40. The molecule has 0 unspecified atom stereocenters. The third-order valence-corrected chi connectivity index (χ3v) is 0. The summed E-state index contributed by atoms with van der Waals surface area (Å²) >= 11 is 0. The Hall–Kier alpha value is -1.33. The second-order valence-corrected chi connectivity index (χ2v) is 0.416. The first-order valence-electron chi connectivity index (χ1n) is 1.21. The van der Waals surface area contributed by atoms with Gasteiger partial charge in [-0.1, -0.05) is 0 Å². The standard InChI is InChI=1S/CH4N2.NO3/c2-1-3;2-1(3)4/h1H,(H3,2,3);/q;-1/p+1. The first-order valence-corrected chi connectivity index (χ1v) is 1.21. The average molecular weight is 107 g/mol. The van der Waals surface area contributed by atoms with E-state index in [0.717, 1.165) is 6.34 Å². The maximum atomic E-state index is 8.25. The number of rotatable bonds is 0. The highest BCUT2D eigenvalue weighted by Crippen LogP contribution is 1.44. The van der Waals surface area contributed by atoms with Gasteiger partial charge in [0.15, 0.2) is 0 Å². The quantitative estimate of drug-likeness (QED) is 0.154. The minimum atomic E-state index is -1.75. The molecule has 0 amide bonds. The average Bonchev–Trinajstić information content (AvgIpc) is 1.33. The van der Waals surface area contributed by atoms with Gasteiger partial charge in [0.2, 0.25) is 6.34 Å². The third kappa shape index (κ3) is 18.8. The lowest BCUT2D eigenvalue weighted by Crippen LogP contribution is -2.33. The Morgan fingerprint density at radius 1 is 1.71 bits per heavy atom. The minimum Gasteiger partial charge on any atom is -0.356 e. The van der Waals surface area contributed by atoms with Crippen molar-refractivity contribution in [1.82, 2.24) is 0 Å². The molecule has 0 aromatic rings. The molecule has 0 aliphatic rings. The van der Waals surface area contributed by atoms with Crippen molar-refractivity contribution in [1.29, 1.82) is 0 Å². The third-order valence-electron chi connectivity index (χ3n) is 0. The van der Waals surface area contributed by atoms with Crippen LogP contribution in [0.1, 0.15) is 0 Å². The second-order valence-electron chi connectivity index (χ2n) is 0.416. The van der Waals surface area contributed by atoms with E-state index >= 15 is 0 Å². The van der Waals surface area contributed by atoms with Crippen LogP contribution in [0.2, 0.25) is 0 Å². The summed E-state index contributed by atoms with van der Waals surface area (Å²) < 4.78 is 0. The zero-order chi connectivity index (χ0) is 6.28. The Kier molecular flexibility index (Phi) is 11.6. The van der Waals surface area contributed by atoms with Gasteiger partial charge in [-0.25, -0.2) is 0 Å². The molecule has 0 aliphatic carbocycles. The largest absolute Gasteiger partial charge is 0.356 e. The fraction of sp³-hybridized carbons (Fsp3) is 0. The van der Waals surface area contributed by atoms with Crippen LogP contribution in [0.4, 0.5) is 0 Å². The van der Waals surface area contributed by atoms with E-state index in [1.807, 2.05) is 0 Å². The first kappa shape index (κ1) is 9.18. The van der Waals surface area contributed by atoms with Crippen LogP contribution in [-0.4, -0.2) is 11.4 Å². The highest BCUT2D eigenvalue weighted by molar-refractivity contribution is 5.42. The number of nitrogens with zero attached hydrogens (tertiary/aromatic N) is 1. The minimum absolute atomic E-state index is 1.00. The maximum absolute atomic E-state index is 8.25. The van der Waals surface area contributed by atoms with Gasteiger partial charge in [0.25, 0.3) is 0 Å². The number of hydrogen-bond acceptors (Lipinski definition) is 3. The summed E-state index contributed by atoms with van der Waals surface area (Å²) in [6.45, 7) is 0. The number of hydrogen-bond donors (Lipinski definition) is 2. The zero-order valence-electron chi connectivity index (χ0n) is 3.40. The molecule has 0 bridgehead atoms. The summed E-state index contributed by atoms with van der Waals surface area (Å²) in [5.41, 5.74) is 4.50. The lowest BCUT2D eigenvalue weighted by Gasteiger charge is -1.74. The molecule has 0 atom stereocenters. The first-order chi connectivity index (χ1) is 3.15. The SMILES string of the molecule is NC=[NH2+].O=[N+]([O-])[O-]. The van der Waals surface area contributed by atoms with E-state index in [2.05, 4.69) is 11.1 Å². The molecule has 0 aliphatic heterocycles. The smallest absolute Gasteiger partial charge is 0.225 e. The molecular formula is CH5N3O3. The molecule has 0 spiro atoms. The topological polar surface area (TPSA) is 118 Å². The lowest BCUT2D eigenvalue weighted by atomic mass is 11.4. The summed E-state index contributed by atoms with van der Waals surface area (Å²) in [6.07, 6.45) is 1.00. The van der Waals surface area contributed by atoms with E-state index in [1.165, 1.54) is 0 Å². The highest BCUT2D eigenvalue weighted by atomic mass is 16.9. The Labute approximate surface area is 39.2 Å². The van der Waals surface area contributed by atoms with Gasteiger partial charge in [-0.3, -0.25) is 11.1 Å². The van der Waals surface area contributed by atoms with Gasteiger partial charge in [0, 0.05) is 0 Å². The highest BCUT2D eigenvalue weighted by Gasteiger charge is 1.45. The van der Waals surface area contributed by atoms with Gasteiger partial charge in [-0.15, -0.1) is 0 Å². The molecule has 0 heterocycles. The van der Waals surface area contributed by atoms with Crippen molar-refractivity contribution in [3.63, 3.8) is 0 Å². The normalized spacial score (nSPS) is 5.14. The van der Waals surface area contributed by atoms with Crippen molar-refractivity contribution >= 4 is 6.34 Å². The van der Waals surface area contributed by atoms with Crippen LogP contribution in [0.15, 0.2) is 0 Å². The molecular weight excluding hydrogens is 102 g/mol.